The van der Waals surface area contributed by atoms with Crippen molar-refractivity contribution in [2.45, 2.75) is 6.54 Å². The molecule has 2 aromatic heterocycles. The number of nitrogens with one attached hydrogen (secondary N) is 2. The molecule has 1 aliphatic rings. The van der Waals surface area contributed by atoms with E-state index in [2.05, 4.69) is 25.6 Å². The topological polar surface area (TPSA) is 120 Å². The van der Waals surface area contributed by atoms with Crippen LogP contribution in [0.25, 0.3) is 0 Å². The molecule has 4 rings (SSSR count). The lowest BCUT2D eigenvalue weighted by Gasteiger charge is -2.33. The first kappa shape index (κ1) is 23.5. The second-order valence-electron chi connectivity index (χ2n) is 7.78. The van der Waals surface area contributed by atoms with Crippen molar-refractivity contribution in [3.8, 4) is 0 Å². The number of pyridine rings is 1. The van der Waals surface area contributed by atoms with Crippen LogP contribution in [0, 0.1) is 5.82 Å². The number of hydrogen-bond acceptors (Lipinski definition) is 8. The van der Waals surface area contributed by atoms with Crippen LogP contribution in [0.3, 0.4) is 0 Å². The molecule has 12 heteroatoms. The molecular formula is C22H24FN7O3S. The summed E-state index contributed by atoms with van der Waals surface area (Å²) >= 11 is 0. The number of halogens is 1. The number of sulfonamides is 1. The summed E-state index contributed by atoms with van der Waals surface area (Å²) < 4.78 is 38.1. The minimum absolute atomic E-state index is 0.234. The van der Waals surface area contributed by atoms with Gasteiger partial charge in [0.15, 0.2) is 0 Å². The highest BCUT2D eigenvalue weighted by Gasteiger charge is 2.27. The van der Waals surface area contributed by atoms with Gasteiger partial charge in [0.1, 0.15) is 23.3 Å². The Morgan fingerprint density at radius 3 is 2.38 bits per heavy atom. The van der Waals surface area contributed by atoms with E-state index in [9.17, 15) is 17.6 Å². The fourth-order valence-corrected chi connectivity index (χ4v) is 4.33. The Balaban J connectivity index is 1.54. The quantitative estimate of drug-likeness (QED) is 0.522. The minimum atomic E-state index is -3.30. The molecule has 0 aliphatic carbocycles. The molecule has 1 aromatic carbocycles. The maximum absolute atomic E-state index is 13.2. The van der Waals surface area contributed by atoms with Crippen molar-refractivity contribution >= 4 is 33.4 Å². The fourth-order valence-electron chi connectivity index (χ4n) is 3.50. The zero-order chi connectivity index (χ0) is 24.1. The van der Waals surface area contributed by atoms with Crippen LogP contribution >= 0.6 is 0 Å². The molecule has 0 unspecified atom stereocenters. The molecule has 3 heterocycles. The number of carbonyl (C=O) groups excluding carboxylic acids is 1. The number of hydrogen-bond donors (Lipinski definition) is 2. The molecule has 3 aromatic rings. The van der Waals surface area contributed by atoms with Crippen LogP contribution in [0.1, 0.15) is 15.9 Å². The summed E-state index contributed by atoms with van der Waals surface area (Å²) in [5, 5.41) is 6.21. The number of nitrogens with zero attached hydrogens (tertiary/aromatic N) is 5. The average molecular weight is 486 g/mol. The second-order valence-corrected chi connectivity index (χ2v) is 9.76. The van der Waals surface area contributed by atoms with Gasteiger partial charge in [-0.2, -0.15) is 4.31 Å². The third-order valence-electron chi connectivity index (χ3n) is 5.27. The van der Waals surface area contributed by atoms with Gasteiger partial charge in [0.05, 0.1) is 12.5 Å². The number of aromatic nitrogens is 3. The zero-order valence-corrected chi connectivity index (χ0v) is 19.3. The molecule has 0 bridgehead atoms. The van der Waals surface area contributed by atoms with Gasteiger partial charge in [-0.05, 0) is 29.8 Å². The van der Waals surface area contributed by atoms with E-state index in [1.165, 1.54) is 28.8 Å². The van der Waals surface area contributed by atoms with Crippen LogP contribution in [0.15, 0.2) is 55.0 Å². The summed E-state index contributed by atoms with van der Waals surface area (Å²) in [6, 6.07) is 9.33. The average Bonchev–Trinajstić information content (AvgIpc) is 2.83. The summed E-state index contributed by atoms with van der Waals surface area (Å²) in [4.78, 5) is 27.5. The Labute approximate surface area is 196 Å². The molecule has 1 fully saturated rings. The molecule has 34 heavy (non-hydrogen) atoms. The largest absolute Gasteiger partial charge is 0.366 e. The molecule has 0 saturated carbocycles. The standard InChI is InChI=1S/C22H24FN7O3S/c1-34(32,33)30-10-8-29(9-11-30)22(31)17-12-19(26-14-16-2-4-18(23)5-3-16)27-20(13-17)28-21-15-24-6-7-25-21/h2-7,12-13,15H,8-11,14H2,1H3,(H2,25,26,27,28). The van der Waals surface area contributed by atoms with Crippen molar-refractivity contribution in [3.63, 3.8) is 0 Å². The van der Waals surface area contributed by atoms with Gasteiger partial charge in [-0.1, -0.05) is 12.1 Å². The van der Waals surface area contributed by atoms with Crippen LogP contribution < -0.4 is 10.6 Å². The number of rotatable bonds is 7. The van der Waals surface area contributed by atoms with Gasteiger partial charge < -0.3 is 15.5 Å². The lowest BCUT2D eigenvalue weighted by atomic mass is 10.2. The van der Waals surface area contributed by atoms with Crippen molar-refractivity contribution in [2.24, 2.45) is 0 Å². The molecule has 1 amide bonds. The van der Waals surface area contributed by atoms with Gasteiger partial charge >= 0.3 is 0 Å². The van der Waals surface area contributed by atoms with Gasteiger partial charge in [-0.25, -0.2) is 22.8 Å². The highest BCUT2D eigenvalue weighted by atomic mass is 32.2. The van der Waals surface area contributed by atoms with Gasteiger partial charge in [0, 0.05) is 50.7 Å². The van der Waals surface area contributed by atoms with E-state index in [1.807, 2.05) is 0 Å². The lowest BCUT2D eigenvalue weighted by molar-refractivity contribution is 0.0698. The van der Waals surface area contributed by atoms with Gasteiger partial charge in [0.25, 0.3) is 5.91 Å². The SMILES string of the molecule is CS(=O)(=O)N1CCN(C(=O)c2cc(NCc3ccc(F)cc3)nc(Nc3cnccn3)c2)CC1. The molecular weight excluding hydrogens is 461 g/mol. The van der Waals surface area contributed by atoms with E-state index in [0.717, 1.165) is 11.8 Å². The first-order chi connectivity index (χ1) is 16.3. The Kier molecular flexibility index (Phi) is 6.98. The fraction of sp³-hybridized carbons (Fsp3) is 0.273. The van der Waals surface area contributed by atoms with Crippen LogP contribution in [0.4, 0.5) is 21.8 Å². The van der Waals surface area contributed by atoms with E-state index < -0.39 is 10.0 Å². The molecule has 0 radical (unpaired) electrons. The first-order valence-electron chi connectivity index (χ1n) is 10.6. The number of benzene rings is 1. The Morgan fingerprint density at radius 1 is 1.03 bits per heavy atom. The zero-order valence-electron chi connectivity index (χ0n) is 18.5. The van der Waals surface area contributed by atoms with Crippen molar-refractivity contribution in [3.05, 3.63) is 71.9 Å². The van der Waals surface area contributed by atoms with Crippen molar-refractivity contribution in [1.29, 1.82) is 0 Å². The van der Waals surface area contributed by atoms with E-state index in [0.29, 0.717) is 42.7 Å². The number of amides is 1. The summed E-state index contributed by atoms with van der Waals surface area (Å²) in [5.74, 6) is 0.744. The maximum atomic E-state index is 13.2. The van der Waals surface area contributed by atoms with Crippen molar-refractivity contribution < 1.29 is 17.6 Å². The van der Waals surface area contributed by atoms with Crippen molar-refractivity contribution in [1.82, 2.24) is 24.2 Å². The monoisotopic (exact) mass is 485 g/mol. The summed E-state index contributed by atoms with van der Waals surface area (Å²) in [7, 11) is -3.30. The summed E-state index contributed by atoms with van der Waals surface area (Å²) in [6.07, 6.45) is 5.78. The van der Waals surface area contributed by atoms with E-state index in [1.54, 1.807) is 35.4 Å². The lowest BCUT2D eigenvalue weighted by Crippen LogP contribution is -2.50. The Hall–Kier alpha value is -3.64. The summed E-state index contributed by atoms with van der Waals surface area (Å²) in [5.41, 5.74) is 1.23. The van der Waals surface area contributed by atoms with Gasteiger partial charge in [-0.15, -0.1) is 0 Å². The first-order valence-corrected chi connectivity index (χ1v) is 12.4. The molecule has 1 aliphatic heterocycles. The van der Waals surface area contributed by atoms with Crippen LogP contribution in [-0.2, 0) is 16.6 Å². The highest BCUT2D eigenvalue weighted by Crippen LogP contribution is 2.20. The van der Waals surface area contributed by atoms with E-state index >= 15 is 0 Å². The molecule has 0 spiro atoms. The second kappa shape index (κ2) is 10.1. The third-order valence-corrected chi connectivity index (χ3v) is 6.58. The van der Waals surface area contributed by atoms with Crippen LogP contribution in [-0.4, -0.2) is 70.9 Å². The molecule has 0 atom stereocenters. The number of piperazine rings is 1. The number of carbonyl (C=O) groups is 1. The van der Waals surface area contributed by atoms with Crippen LogP contribution in [0.5, 0.6) is 0 Å². The predicted molar refractivity (Wildman–Crippen MR) is 126 cm³/mol. The summed E-state index contributed by atoms with van der Waals surface area (Å²) in [6.45, 7) is 1.45. The molecule has 2 N–H and O–H groups in total. The van der Waals surface area contributed by atoms with E-state index in [-0.39, 0.29) is 24.8 Å². The molecule has 1 saturated heterocycles. The molecule has 10 nitrogen and oxygen atoms in total. The normalized spacial score (nSPS) is 14.6. The smallest absolute Gasteiger partial charge is 0.254 e. The Morgan fingerprint density at radius 2 is 1.74 bits per heavy atom. The third kappa shape index (κ3) is 6.02. The minimum Gasteiger partial charge on any atom is -0.366 e. The number of anilines is 3. The maximum Gasteiger partial charge on any atom is 0.254 e. The van der Waals surface area contributed by atoms with Gasteiger partial charge in [0.2, 0.25) is 10.0 Å². The van der Waals surface area contributed by atoms with Crippen molar-refractivity contribution in [2.75, 3.05) is 43.1 Å². The van der Waals surface area contributed by atoms with E-state index in [4.69, 9.17) is 0 Å². The predicted octanol–water partition coefficient (Wildman–Crippen LogP) is 2.08. The van der Waals surface area contributed by atoms with Crippen LogP contribution in [0.2, 0.25) is 0 Å². The van der Waals surface area contributed by atoms with Gasteiger partial charge in [-0.3, -0.25) is 9.78 Å². The molecule has 178 valence electrons. The Bertz CT molecular complexity index is 1250. The highest BCUT2D eigenvalue weighted by molar-refractivity contribution is 7.88.